The smallest absolute Gasteiger partial charge is 0.252 e. The van der Waals surface area contributed by atoms with Crippen molar-refractivity contribution in [3.63, 3.8) is 0 Å². The summed E-state index contributed by atoms with van der Waals surface area (Å²) in [5.74, 6) is 0. The molecule has 12 aromatic rings. The molecule has 0 spiro atoms. The molecule has 0 N–H and O–H groups in total. The monoisotopic (exact) mass is 994 g/mol. The summed E-state index contributed by atoms with van der Waals surface area (Å²) in [6.07, 6.45) is 0. The van der Waals surface area contributed by atoms with E-state index in [1.807, 2.05) is 0 Å². The van der Waals surface area contributed by atoms with Crippen LogP contribution in [0.5, 0.6) is 0 Å². The van der Waals surface area contributed by atoms with Gasteiger partial charge in [-0.25, -0.2) is 0 Å². The number of anilines is 6. The van der Waals surface area contributed by atoms with Gasteiger partial charge in [0, 0.05) is 50.4 Å². The zero-order valence-electron chi connectivity index (χ0n) is 43.8. The molecule has 12 aromatic carbocycles. The van der Waals surface area contributed by atoms with E-state index in [4.69, 9.17) is 0 Å². The molecule has 2 nitrogen and oxygen atoms in total. The largest absolute Gasteiger partial charge is 0.310 e. The number of rotatable bonds is 10. The fraction of sp³-hybridized carbons (Fsp3) is 0.0400. The predicted octanol–water partition coefficient (Wildman–Crippen LogP) is 18.1. The van der Waals surface area contributed by atoms with E-state index in [2.05, 4.69) is 321 Å². The van der Waals surface area contributed by atoms with E-state index in [9.17, 15) is 0 Å². The molecule has 0 bridgehead atoms. The Morgan fingerprint density at radius 3 is 0.897 bits per heavy atom. The number of nitrogens with zero attached hydrogens (tertiary/aromatic N) is 2. The average Bonchev–Trinajstić information content (AvgIpc) is 3.71. The SMILES string of the molecule is CC(C)(c1ccccc1)c1cc2c3c(c1)N(c1c(-c4ccccc4)cccc1-c1ccccc1)c1ccc(-c4ccccc4)cc1B3c1cc(-c3ccccc3)ccc1N2c1c(-c2ccccc2)cccc1-c1ccccc1. The van der Waals surface area contributed by atoms with E-state index in [0.29, 0.717) is 0 Å². The lowest BCUT2D eigenvalue weighted by Crippen LogP contribution is -2.61. The number of para-hydroxylation sites is 2. The summed E-state index contributed by atoms with van der Waals surface area (Å²) >= 11 is 0. The van der Waals surface area contributed by atoms with Gasteiger partial charge < -0.3 is 9.80 Å². The van der Waals surface area contributed by atoms with Crippen molar-refractivity contribution in [2.75, 3.05) is 9.80 Å². The van der Waals surface area contributed by atoms with Crippen molar-refractivity contribution < 1.29 is 0 Å². The zero-order chi connectivity index (χ0) is 52.2. The Morgan fingerprint density at radius 2 is 0.564 bits per heavy atom. The summed E-state index contributed by atoms with van der Waals surface area (Å²) in [5.41, 5.74) is 26.8. The third kappa shape index (κ3) is 7.97. The molecule has 0 radical (unpaired) electrons. The van der Waals surface area contributed by atoms with Gasteiger partial charge >= 0.3 is 0 Å². The fourth-order valence-corrected chi connectivity index (χ4v) is 12.5. The van der Waals surface area contributed by atoms with E-state index in [1.165, 1.54) is 49.8 Å². The van der Waals surface area contributed by atoms with Crippen LogP contribution in [0.4, 0.5) is 34.1 Å². The normalized spacial score (nSPS) is 12.4. The Morgan fingerprint density at radius 1 is 0.256 bits per heavy atom. The minimum absolute atomic E-state index is 0.165. The fourth-order valence-electron chi connectivity index (χ4n) is 12.5. The summed E-state index contributed by atoms with van der Waals surface area (Å²) in [5, 5.41) is 0. The van der Waals surface area contributed by atoms with Crippen LogP contribution in [0.3, 0.4) is 0 Å². The highest BCUT2D eigenvalue weighted by molar-refractivity contribution is 7.00. The van der Waals surface area contributed by atoms with E-state index in [1.54, 1.807) is 0 Å². The average molecular weight is 995 g/mol. The first-order chi connectivity index (χ1) is 38.5. The Labute approximate surface area is 458 Å². The summed E-state index contributed by atoms with van der Waals surface area (Å²) in [4.78, 5) is 5.31. The Bertz CT molecular complexity index is 3790. The van der Waals surface area contributed by atoms with Crippen molar-refractivity contribution in [1.29, 1.82) is 0 Å². The summed E-state index contributed by atoms with van der Waals surface area (Å²) in [7, 11) is 0. The lowest BCUT2D eigenvalue weighted by atomic mass is 9.33. The van der Waals surface area contributed by atoms with Crippen LogP contribution in [0.15, 0.2) is 297 Å². The minimum atomic E-state index is -0.420. The third-order valence-electron chi connectivity index (χ3n) is 16.4. The molecule has 3 heteroatoms. The standard InChI is InChI=1S/C75H55BN2/c1-75(2,60-38-22-9-23-39-60)61-50-70-72-71(51-61)78(74-64(56-34-18-7-19-35-56)42-25-43-65(74)57-36-20-8-21-37-57)69-47-45-59(53-28-12-4-13-29-53)49-67(69)76(72)66-48-58(52-26-10-3-11-27-52)44-46-68(66)77(70)73-62(54-30-14-5-15-31-54)40-24-41-63(73)55-32-16-6-17-33-55/h3-51H,1-2H3. The van der Waals surface area contributed by atoms with Crippen LogP contribution in [-0.2, 0) is 5.41 Å². The molecular weight excluding hydrogens is 940 g/mol. The van der Waals surface area contributed by atoms with Crippen molar-refractivity contribution in [1.82, 2.24) is 0 Å². The molecule has 0 aromatic heterocycles. The van der Waals surface area contributed by atoms with Gasteiger partial charge in [0.15, 0.2) is 0 Å². The molecule has 0 aliphatic carbocycles. The van der Waals surface area contributed by atoms with Crippen LogP contribution in [0.2, 0.25) is 0 Å². The molecule has 2 heterocycles. The van der Waals surface area contributed by atoms with Crippen LogP contribution < -0.4 is 26.2 Å². The van der Waals surface area contributed by atoms with Crippen LogP contribution >= 0.6 is 0 Å². The van der Waals surface area contributed by atoms with Gasteiger partial charge in [0.2, 0.25) is 0 Å². The van der Waals surface area contributed by atoms with E-state index >= 15 is 0 Å². The van der Waals surface area contributed by atoms with Gasteiger partial charge in [-0.15, -0.1) is 0 Å². The molecule has 2 aliphatic rings. The maximum Gasteiger partial charge on any atom is 0.252 e. The van der Waals surface area contributed by atoms with E-state index in [-0.39, 0.29) is 6.71 Å². The van der Waals surface area contributed by atoms with Crippen LogP contribution in [0, 0.1) is 0 Å². The molecule has 0 atom stereocenters. The predicted molar refractivity (Wildman–Crippen MR) is 332 cm³/mol. The first kappa shape index (κ1) is 46.8. The lowest BCUT2D eigenvalue weighted by Gasteiger charge is -2.46. The molecule has 2 aliphatic heterocycles. The molecule has 0 saturated carbocycles. The number of benzene rings is 12. The molecule has 14 rings (SSSR count). The van der Waals surface area contributed by atoms with Crippen molar-refractivity contribution in [3.05, 3.63) is 308 Å². The molecule has 0 unspecified atom stereocenters. The quantitative estimate of drug-likeness (QED) is 0.126. The van der Waals surface area contributed by atoms with Crippen LogP contribution in [0.25, 0.3) is 66.8 Å². The molecule has 0 amide bonds. The van der Waals surface area contributed by atoms with Crippen molar-refractivity contribution in [3.8, 4) is 66.8 Å². The number of fused-ring (bicyclic) bond motifs is 4. The minimum Gasteiger partial charge on any atom is -0.310 e. The molecule has 78 heavy (non-hydrogen) atoms. The second kappa shape index (κ2) is 19.5. The first-order valence-corrected chi connectivity index (χ1v) is 27.2. The summed E-state index contributed by atoms with van der Waals surface area (Å²) < 4.78 is 0. The second-order valence-electron chi connectivity index (χ2n) is 21.2. The Hall–Kier alpha value is -9.70. The third-order valence-corrected chi connectivity index (χ3v) is 16.4. The lowest BCUT2D eigenvalue weighted by molar-refractivity contribution is 0.641. The maximum absolute atomic E-state index is 2.65. The number of hydrogen-bond donors (Lipinski definition) is 0. The van der Waals surface area contributed by atoms with Gasteiger partial charge in [-0.1, -0.05) is 287 Å². The second-order valence-corrected chi connectivity index (χ2v) is 21.2. The van der Waals surface area contributed by atoms with Crippen LogP contribution in [0.1, 0.15) is 25.0 Å². The van der Waals surface area contributed by atoms with Crippen molar-refractivity contribution in [2.45, 2.75) is 19.3 Å². The van der Waals surface area contributed by atoms with Gasteiger partial charge in [-0.2, -0.15) is 0 Å². The molecule has 0 saturated heterocycles. The zero-order valence-corrected chi connectivity index (χ0v) is 43.8. The maximum atomic E-state index is 2.65. The number of hydrogen-bond acceptors (Lipinski definition) is 2. The summed E-state index contributed by atoms with van der Waals surface area (Å²) in [6, 6.07) is 110. The molecule has 0 fully saturated rings. The molecule has 368 valence electrons. The summed E-state index contributed by atoms with van der Waals surface area (Å²) in [6.45, 7) is 4.63. The van der Waals surface area contributed by atoms with Crippen molar-refractivity contribution in [2.24, 2.45) is 0 Å². The highest BCUT2D eigenvalue weighted by Gasteiger charge is 2.46. The van der Waals surface area contributed by atoms with Gasteiger partial charge in [0.05, 0.1) is 11.4 Å². The highest BCUT2D eigenvalue weighted by atomic mass is 15.2. The van der Waals surface area contributed by atoms with Gasteiger partial charge in [-0.3, -0.25) is 0 Å². The first-order valence-electron chi connectivity index (χ1n) is 27.2. The van der Waals surface area contributed by atoms with Crippen LogP contribution in [-0.4, -0.2) is 6.71 Å². The van der Waals surface area contributed by atoms with E-state index < -0.39 is 5.41 Å². The molecular formula is C75H55BN2. The topological polar surface area (TPSA) is 6.48 Å². The van der Waals surface area contributed by atoms with Gasteiger partial charge in [0.1, 0.15) is 0 Å². The van der Waals surface area contributed by atoms with E-state index in [0.717, 1.165) is 78.6 Å². The highest BCUT2D eigenvalue weighted by Crippen LogP contribution is 2.54. The van der Waals surface area contributed by atoms with Crippen molar-refractivity contribution >= 4 is 57.2 Å². The Kier molecular flexibility index (Phi) is 11.7. The van der Waals surface area contributed by atoms with Gasteiger partial charge in [0.25, 0.3) is 6.71 Å². The Balaban J connectivity index is 1.18. The van der Waals surface area contributed by atoms with Gasteiger partial charge in [-0.05, 0) is 96.3 Å².